The first-order valence-corrected chi connectivity index (χ1v) is 6.37. The number of oxime groups is 1. The number of rotatable bonds is 3. The molecule has 1 aromatic carbocycles. The molecule has 6 nitrogen and oxygen atoms in total. The molecule has 0 unspecified atom stereocenters. The Balaban J connectivity index is 2.32. The second kappa shape index (κ2) is 5.56. The van der Waals surface area contributed by atoms with Crippen LogP contribution in [0.25, 0.3) is 0 Å². The highest BCUT2D eigenvalue weighted by Gasteiger charge is 2.36. The third-order valence-electron chi connectivity index (χ3n) is 2.58. The van der Waals surface area contributed by atoms with Gasteiger partial charge in [-0.25, -0.2) is 0 Å². The van der Waals surface area contributed by atoms with Crippen LogP contribution in [0.3, 0.4) is 0 Å². The number of hydrogen-bond donors (Lipinski definition) is 2. The normalized spacial score (nSPS) is 12.5. The molecule has 0 aliphatic carbocycles. The zero-order valence-corrected chi connectivity index (χ0v) is 11.5. The maximum Gasteiger partial charge on any atom is 0.445 e. The lowest BCUT2D eigenvalue weighted by Gasteiger charge is -2.15. The molecule has 0 aliphatic heterocycles. The Morgan fingerprint density at radius 2 is 2.10 bits per heavy atom. The second-order valence-electron chi connectivity index (χ2n) is 3.98. The molecule has 0 bridgehead atoms. The lowest BCUT2D eigenvalue weighted by molar-refractivity contribution is -0.138. The zero-order valence-electron chi connectivity index (χ0n) is 10.7. The number of hydrogen-bond acceptors (Lipinski definition) is 6. The summed E-state index contributed by atoms with van der Waals surface area (Å²) in [5.41, 5.74) is 6.43. The Kier molecular flexibility index (Phi) is 3.98. The van der Waals surface area contributed by atoms with Crippen molar-refractivity contribution in [2.45, 2.75) is 6.18 Å². The van der Waals surface area contributed by atoms with E-state index in [9.17, 15) is 13.2 Å². The van der Waals surface area contributed by atoms with Gasteiger partial charge in [0.05, 0.1) is 0 Å². The van der Waals surface area contributed by atoms with Gasteiger partial charge in [0.2, 0.25) is 10.1 Å². The van der Waals surface area contributed by atoms with Crippen molar-refractivity contribution in [2.75, 3.05) is 11.9 Å². The van der Waals surface area contributed by atoms with Gasteiger partial charge >= 0.3 is 6.18 Å². The number of aromatic nitrogens is 2. The predicted molar refractivity (Wildman–Crippen MR) is 71.9 cm³/mol. The highest BCUT2D eigenvalue weighted by atomic mass is 32.1. The van der Waals surface area contributed by atoms with Crippen LogP contribution in [0.2, 0.25) is 0 Å². The van der Waals surface area contributed by atoms with Crippen molar-refractivity contribution < 1.29 is 18.4 Å². The van der Waals surface area contributed by atoms with Gasteiger partial charge in [-0.3, -0.25) is 0 Å². The first kappa shape index (κ1) is 15.0. The lowest BCUT2D eigenvalue weighted by Crippen LogP contribution is -2.15. The molecule has 112 valence electrons. The fourth-order valence-corrected chi connectivity index (χ4v) is 2.20. The van der Waals surface area contributed by atoms with E-state index in [4.69, 9.17) is 10.9 Å². The summed E-state index contributed by atoms with van der Waals surface area (Å²) in [4.78, 5) is 1.43. The van der Waals surface area contributed by atoms with E-state index in [1.165, 1.54) is 4.90 Å². The second-order valence-corrected chi connectivity index (χ2v) is 4.94. The SMILES string of the molecule is CN(c1cccc(/C(N)=N/O)c1)c1nnc(C(F)(F)F)s1. The maximum atomic E-state index is 12.5. The Labute approximate surface area is 121 Å². The van der Waals surface area contributed by atoms with Crippen LogP contribution >= 0.6 is 11.3 Å². The smallest absolute Gasteiger partial charge is 0.409 e. The average molecular weight is 317 g/mol. The van der Waals surface area contributed by atoms with Crippen molar-refractivity contribution in [3.8, 4) is 0 Å². The summed E-state index contributed by atoms with van der Waals surface area (Å²) in [6.07, 6.45) is -4.52. The third-order valence-corrected chi connectivity index (χ3v) is 3.63. The van der Waals surface area contributed by atoms with Crippen LogP contribution in [-0.2, 0) is 6.18 Å². The number of amidine groups is 1. The molecule has 0 saturated heterocycles. The Bertz CT molecular complexity index is 670. The van der Waals surface area contributed by atoms with E-state index in [-0.39, 0.29) is 11.0 Å². The van der Waals surface area contributed by atoms with Crippen molar-refractivity contribution in [3.05, 3.63) is 34.8 Å². The van der Waals surface area contributed by atoms with Gasteiger partial charge in [0, 0.05) is 18.3 Å². The molecule has 0 radical (unpaired) electrons. The van der Waals surface area contributed by atoms with E-state index in [0.29, 0.717) is 22.6 Å². The number of benzene rings is 1. The van der Waals surface area contributed by atoms with Gasteiger partial charge < -0.3 is 15.8 Å². The highest BCUT2D eigenvalue weighted by molar-refractivity contribution is 7.15. The van der Waals surface area contributed by atoms with E-state index in [2.05, 4.69) is 15.4 Å². The first-order chi connectivity index (χ1) is 9.82. The minimum absolute atomic E-state index is 0.0824. The summed E-state index contributed by atoms with van der Waals surface area (Å²) >= 11 is 0.431. The van der Waals surface area contributed by atoms with Crippen molar-refractivity contribution in [1.82, 2.24) is 10.2 Å². The van der Waals surface area contributed by atoms with Gasteiger partial charge in [-0.2, -0.15) is 13.2 Å². The molecule has 3 N–H and O–H groups in total. The van der Waals surface area contributed by atoms with Crippen LogP contribution in [0.4, 0.5) is 24.0 Å². The highest BCUT2D eigenvalue weighted by Crippen LogP contribution is 2.35. The van der Waals surface area contributed by atoms with Crippen molar-refractivity contribution in [3.63, 3.8) is 0 Å². The molecule has 2 aromatic rings. The molecule has 0 amide bonds. The third kappa shape index (κ3) is 3.21. The minimum Gasteiger partial charge on any atom is -0.409 e. The van der Waals surface area contributed by atoms with Crippen LogP contribution in [-0.4, -0.2) is 28.3 Å². The fourth-order valence-electron chi connectivity index (χ4n) is 1.51. The number of nitrogens with two attached hydrogens (primary N) is 1. The van der Waals surface area contributed by atoms with E-state index < -0.39 is 11.2 Å². The van der Waals surface area contributed by atoms with Crippen LogP contribution in [0, 0.1) is 0 Å². The zero-order chi connectivity index (χ0) is 15.6. The van der Waals surface area contributed by atoms with E-state index in [1.54, 1.807) is 31.3 Å². The molecule has 0 saturated carbocycles. The Morgan fingerprint density at radius 3 is 2.67 bits per heavy atom. The summed E-state index contributed by atoms with van der Waals surface area (Å²) in [7, 11) is 1.55. The van der Waals surface area contributed by atoms with E-state index in [1.807, 2.05) is 0 Å². The number of anilines is 2. The number of nitrogens with zero attached hydrogens (tertiary/aromatic N) is 4. The monoisotopic (exact) mass is 317 g/mol. The standard InChI is InChI=1S/C11H10F3N5OS/c1-19(10-17-16-9(21-10)11(12,13)14)7-4-2-3-6(5-7)8(15)18-20/h2-5,20H,1H3,(H2,15,18). The van der Waals surface area contributed by atoms with Gasteiger partial charge in [-0.15, -0.1) is 10.2 Å². The number of halogens is 3. The average Bonchev–Trinajstić information content (AvgIpc) is 2.95. The van der Waals surface area contributed by atoms with Gasteiger partial charge in [0.15, 0.2) is 5.84 Å². The van der Waals surface area contributed by atoms with Crippen LogP contribution in [0.5, 0.6) is 0 Å². The van der Waals surface area contributed by atoms with Crippen molar-refractivity contribution in [2.24, 2.45) is 10.9 Å². The van der Waals surface area contributed by atoms with Crippen LogP contribution in [0.1, 0.15) is 10.6 Å². The van der Waals surface area contributed by atoms with Crippen LogP contribution < -0.4 is 10.6 Å². The summed E-state index contributed by atoms with van der Waals surface area (Å²) < 4.78 is 37.5. The molecular formula is C11H10F3N5OS. The molecular weight excluding hydrogens is 307 g/mol. The molecule has 2 rings (SSSR count). The van der Waals surface area contributed by atoms with E-state index >= 15 is 0 Å². The fraction of sp³-hybridized carbons (Fsp3) is 0.182. The van der Waals surface area contributed by atoms with Gasteiger partial charge in [0.25, 0.3) is 0 Å². The number of alkyl halides is 3. The quantitative estimate of drug-likeness (QED) is 0.393. The maximum absolute atomic E-state index is 12.5. The van der Waals surface area contributed by atoms with Crippen molar-refractivity contribution >= 4 is 28.0 Å². The molecule has 0 atom stereocenters. The summed E-state index contributed by atoms with van der Waals surface area (Å²) in [5.74, 6) is -0.0986. The molecule has 0 spiro atoms. The lowest BCUT2D eigenvalue weighted by atomic mass is 10.2. The summed E-state index contributed by atoms with van der Waals surface area (Å²) in [5, 5.41) is 17.2. The first-order valence-electron chi connectivity index (χ1n) is 5.55. The molecule has 1 aromatic heterocycles. The van der Waals surface area contributed by atoms with Crippen molar-refractivity contribution in [1.29, 1.82) is 0 Å². The van der Waals surface area contributed by atoms with Gasteiger partial charge in [-0.05, 0) is 12.1 Å². The Morgan fingerprint density at radius 1 is 1.38 bits per heavy atom. The molecule has 1 heterocycles. The Hall–Kier alpha value is -2.36. The summed E-state index contributed by atoms with van der Waals surface area (Å²) in [6, 6.07) is 6.45. The largest absolute Gasteiger partial charge is 0.445 e. The summed E-state index contributed by atoms with van der Waals surface area (Å²) in [6.45, 7) is 0. The molecule has 0 fully saturated rings. The van der Waals surface area contributed by atoms with Gasteiger partial charge in [0.1, 0.15) is 0 Å². The van der Waals surface area contributed by atoms with Crippen LogP contribution in [0.15, 0.2) is 29.4 Å². The molecule has 0 aliphatic rings. The molecule has 10 heteroatoms. The van der Waals surface area contributed by atoms with Gasteiger partial charge in [-0.1, -0.05) is 28.6 Å². The minimum atomic E-state index is -4.52. The topological polar surface area (TPSA) is 87.6 Å². The predicted octanol–water partition coefficient (Wildman–Crippen LogP) is 2.42. The molecule has 21 heavy (non-hydrogen) atoms. The van der Waals surface area contributed by atoms with E-state index in [0.717, 1.165) is 0 Å².